The number of H-pyrrole nitrogens is 1. The van der Waals surface area contributed by atoms with Gasteiger partial charge in [0.2, 0.25) is 17.7 Å². The lowest BCUT2D eigenvalue weighted by atomic mass is 10.0. The molecule has 0 saturated heterocycles. The summed E-state index contributed by atoms with van der Waals surface area (Å²) in [6, 6.07) is 0.984. The maximum absolute atomic E-state index is 13.0. The van der Waals surface area contributed by atoms with Crippen molar-refractivity contribution in [3.05, 3.63) is 48.0 Å². The van der Waals surface area contributed by atoms with Crippen molar-refractivity contribution in [2.24, 2.45) is 11.7 Å². The number of imidazole rings is 1. The van der Waals surface area contributed by atoms with E-state index in [1.807, 2.05) is 0 Å². The van der Waals surface area contributed by atoms with Crippen LogP contribution in [0.3, 0.4) is 0 Å². The van der Waals surface area contributed by atoms with E-state index in [-0.39, 0.29) is 18.6 Å². The first-order valence-electron chi connectivity index (χ1n) is 11.3. The van der Waals surface area contributed by atoms with Crippen LogP contribution in [0.4, 0.5) is 0 Å². The van der Waals surface area contributed by atoms with Gasteiger partial charge in [-0.3, -0.25) is 14.4 Å². The number of aliphatic hydroxyl groups is 1. The summed E-state index contributed by atoms with van der Waals surface area (Å²) >= 11 is 0. The minimum atomic E-state index is -1.42. The average Bonchev–Trinajstić information content (AvgIpc) is 3.33. The van der Waals surface area contributed by atoms with E-state index in [0.717, 1.165) is 0 Å². The molecule has 1 aromatic carbocycles. The van der Waals surface area contributed by atoms with Crippen LogP contribution in [0.15, 0.2) is 36.8 Å². The summed E-state index contributed by atoms with van der Waals surface area (Å²) in [4.78, 5) is 56.5. The molecule has 0 spiro atoms. The van der Waals surface area contributed by atoms with E-state index in [9.17, 15) is 34.5 Å². The van der Waals surface area contributed by atoms with Crippen LogP contribution in [-0.4, -0.2) is 79.8 Å². The summed E-state index contributed by atoms with van der Waals surface area (Å²) in [7, 11) is 0. The number of nitrogens with two attached hydrogens (primary N) is 1. The molecule has 196 valence electrons. The van der Waals surface area contributed by atoms with Crippen molar-refractivity contribution in [3.63, 3.8) is 0 Å². The number of rotatable bonds is 13. The maximum Gasteiger partial charge on any atom is 0.326 e. The van der Waals surface area contributed by atoms with Gasteiger partial charge in [0, 0.05) is 24.7 Å². The Labute approximate surface area is 207 Å². The molecule has 9 N–H and O–H groups in total. The molecule has 4 unspecified atom stereocenters. The number of carboxylic acids is 1. The lowest BCUT2D eigenvalue weighted by molar-refractivity contribution is -0.143. The predicted octanol–water partition coefficient (Wildman–Crippen LogP) is -1.58. The molecule has 4 atom stereocenters. The summed E-state index contributed by atoms with van der Waals surface area (Å²) in [5.74, 6) is -4.00. The number of hydrogen-bond acceptors (Lipinski definition) is 8. The molecule has 0 fully saturated rings. The van der Waals surface area contributed by atoms with E-state index in [2.05, 4.69) is 25.9 Å². The van der Waals surface area contributed by atoms with Crippen LogP contribution in [0.5, 0.6) is 5.75 Å². The quantitative estimate of drug-likeness (QED) is 0.157. The Balaban J connectivity index is 2.14. The minimum absolute atomic E-state index is 0.00376. The van der Waals surface area contributed by atoms with Crippen molar-refractivity contribution < 1.29 is 34.5 Å². The number of aromatic amines is 1. The molecular formula is C23H32N6O7. The molecule has 0 radical (unpaired) electrons. The van der Waals surface area contributed by atoms with Crippen LogP contribution in [0.25, 0.3) is 0 Å². The summed E-state index contributed by atoms with van der Waals surface area (Å²) in [6.07, 6.45) is 2.99. The Morgan fingerprint density at radius 2 is 1.58 bits per heavy atom. The van der Waals surface area contributed by atoms with E-state index in [0.29, 0.717) is 11.3 Å². The summed E-state index contributed by atoms with van der Waals surface area (Å²) in [5.41, 5.74) is 7.04. The molecule has 3 amide bonds. The number of aromatic nitrogens is 2. The van der Waals surface area contributed by atoms with Crippen molar-refractivity contribution in [1.29, 1.82) is 0 Å². The van der Waals surface area contributed by atoms with Gasteiger partial charge in [0.05, 0.1) is 19.0 Å². The topological polar surface area (TPSA) is 220 Å². The molecule has 0 aliphatic rings. The second-order valence-corrected chi connectivity index (χ2v) is 8.63. The first kappa shape index (κ1) is 28.3. The molecule has 1 aromatic heterocycles. The van der Waals surface area contributed by atoms with Crippen molar-refractivity contribution in [2.75, 3.05) is 6.61 Å². The van der Waals surface area contributed by atoms with Crippen LogP contribution in [0.2, 0.25) is 0 Å². The number of aromatic hydroxyl groups is 1. The number of carbonyl (C=O) groups excluding carboxylic acids is 3. The van der Waals surface area contributed by atoms with E-state index < -0.39 is 60.4 Å². The second kappa shape index (κ2) is 13.2. The fraction of sp³-hybridized carbons (Fsp3) is 0.435. The van der Waals surface area contributed by atoms with Crippen LogP contribution >= 0.6 is 0 Å². The van der Waals surface area contributed by atoms with Crippen LogP contribution in [0.1, 0.15) is 25.1 Å². The average molecular weight is 505 g/mol. The van der Waals surface area contributed by atoms with E-state index in [4.69, 9.17) is 5.73 Å². The fourth-order valence-electron chi connectivity index (χ4n) is 3.32. The van der Waals surface area contributed by atoms with Gasteiger partial charge >= 0.3 is 5.97 Å². The Morgan fingerprint density at radius 1 is 0.972 bits per heavy atom. The third-order valence-electron chi connectivity index (χ3n) is 5.39. The van der Waals surface area contributed by atoms with Gasteiger partial charge in [0.15, 0.2) is 0 Å². The summed E-state index contributed by atoms with van der Waals surface area (Å²) in [5, 5.41) is 35.9. The lowest BCUT2D eigenvalue weighted by Crippen LogP contribution is -2.59. The van der Waals surface area contributed by atoms with Crippen molar-refractivity contribution in [1.82, 2.24) is 25.9 Å². The lowest BCUT2D eigenvalue weighted by Gasteiger charge is -2.25. The molecular weight excluding hydrogens is 472 g/mol. The molecule has 0 aliphatic carbocycles. The van der Waals surface area contributed by atoms with Gasteiger partial charge in [-0.1, -0.05) is 26.0 Å². The second-order valence-electron chi connectivity index (χ2n) is 8.63. The largest absolute Gasteiger partial charge is 0.508 e. The molecule has 0 aliphatic heterocycles. The number of aliphatic carboxylic acids is 1. The van der Waals surface area contributed by atoms with Gasteiger partial charge in [-0.05, 0) is 23.6 Å². The molecule has 13 heteroatoms. The number of benzene rings is 1. The number of nitrogens with zero attached hydrogens (tertiary/aromatic N) is 1. The van der Waals surface area contributed by atoms with E-state index in [1.54, 1.807) is 26.0 Å². The highest BCUT2D eigenvalue weighted by Gasteiger charge is 2.31. The number of amides is 3. The Kier molecular flexibility index (Phi) is 10.4. The van der Waals surface area contributed by atoms with Gasteiger partial charge in [0.25, 0.3) is 0 Å². The monoisotopic (exact) mass is 504 g/mol. The highest BCUT2D eigenvalue weighted by Crippen LogP contribution is 2.12. The van der Waals surface area contributed by atoms with Crippen molar-refractivity contribution in [2.45, 2.75) is 50.9 Å². The molecule has 2 rings (SSSR count). The van der Waals surface area contributed by atoms with Crippen LogP contribution < -0.4 is 21.7 Å². The van der Waals surface area contributed by atoms with E-state index >= 15 is 0 Å². The zero-order valence-electron chi connectivity index (χ0n) is 20.0. The zero-order valence-corrected chi connectivity index (χ0v) is 20.0. The zero-order chi connectivity index (χ0) is 26.8. The number of nitrogens with one attached hydrogen (secondary N) is 4. The smallest absolute Gasteiger partial charge is 0.326 e. The number of phenols is 1. The molecule has 2 aromatic rings. The maximum atomic E-state index is 13.0. The Morgan fingerprint density at radius 3 is 2.11 bits per heavy atom. The Hall–Kier alpha value is -3.97. The summed E-state index contributed by atoms with van der Waals surface area (Å²) in [6.45, 7) is 2.47. The highest BCUT2D eigenvalue weighted by molar-refractivity contribution is 5.94. The first-order chi connectivity index (χ1) is 17.0. The molecule has 0 bridgehead atoms. The van der Waals surface area contributed by atoms with Crippen molar-refractivity contribution in [3.8, 4) is 5.75 Å². The minimum Gasteiger partial charge on any atom is -0.508 e. The van der Waals surface area contributed by atoms with Crippen molar-refractivity contribution >= 4 is 23.7 Å². The number of carboxylic acid groups (broad SMARTS) is 1. The third-order valence-corrected chi connectivity index (χ3v) is 5.39. The summed E-state index contributed by atoms with van der Waals surface area (Å²) < 4.78 is 0. The SMILES string of the molecule is CC(C)C(NC(=O)C(Cc1ccc(O)cc1)NC(=O)C(CO)NC(=O)C(N)Cc1cnc[nH]1)C(=O)O. The van der Waals surface area contributed by atoms with Gasteiger partial charge in [-0.2, -0.15) is 0 Å². The van der Waals surface area contributed by atoms with E-state index in [1.165, 1.54) is 24.7 Å². The van der Waals surface area contributed by atoms with Gasteiger partial charge in [-0.25, -0.2) is 9.78 Å². The highest BCUT2D eigenvalue weighted by atomic mass is 16.4. The standard InChI is InChI=1S/C23H32N6O7/c1-12(2)19(23(35)36)29-21(33)17(7-13-3-5-15(31)6-4-13)27-22(34)18(10-30)28-20(32)16(24)8-14-9-25-11-26-14/h3-6,9,11-12,16-19,30-31H,7-8,10,24H2,1-2H3,(H,25,26)(H,27,34)(H,28,32)(H,29,33)(H,35,36). The van der Waals surface area contributed by atoms with Gasteiger partial charge in [-0.15, -0.1) is 0 Å². The number of hydrogen-bond donors (Lipinski definition) is 8. The molecule has 0 saturated carbocycles. The number of carbonyl (C=O) groups is 4. The fourth-order valence-corrected chi connectivity index (χ4v) is 3.32. The number of phenolic OH excluding ortho intramolecular Hbond substituents is 1. The van der Waals surface area contributed by atoms with Gasteiger partial charge in [0.1, 0.15) is 23.9 Å². The Bertz CT molecular complexity index is 1030. The van der Waals surface area contributed by atoms with Gasteiger partial charge < -0.3 is 42.0 Å². The van der Waals surface area contributed by atoms with Crippen LogP contribution in [-0.2, 0) is 32.0 Å². The predicted molar refractivity (Wildman–Crippen MR) is 127 cm³/mol. The molecule has 1 heterocycles. The molecule has 36 heavy (non-hydrogen) atoms. The number of aliphatic hydroxyl groups excluding tert-OH is 1. The third kappa shape index (κ3) is 8.36. The van der Waals surface area contributed by atoms with Crippen LogP contribution in [0, 0.1) is 5.92 Å². The molecule has 13 nitrogen and oxygen atoms in total. The first-order valence-corrected chi connectivity index (χ1v) is 11.3. The normalized spacial score (nSPS) is 14.4.